The predicted octanol–water partition coefficient (Wildman–Crippen LogP) is 2.10. The highest BCUT2D eigenvalue weighted by Gasteiger charge is 2.70. The van der Waals surface area contributed by atoms with Gasteiger partial charge in [-0.1, -0.05) is 31.1 Å². The van der Waals surface area contributed by atoms with Crippen molar-refractivity contribution in [3.05, 3.63) is 34.6 Å². The number of aliphatic hydroxyl groups is 4. The minimum Gasteiger partial charge on any atom is -0.478 e. The van der Waals surface area contributed by atoms with Gasteiger partial charge < -0.3 is 58.9 Å². The third-order valence-electron chi connectivity index (χ3n) is 15.0. The fourth-order valence-electron chi connectivity index (χ4n) is 12.3. The zero-order valence-corrected chi connectivity index (χ0v) is 31.7. The Morgan fingerprint density at radius 1 is 1.06 bits per heavy atom. The van der Waals surface area contributed by atoms with Crippen LogP contribution in [0.3, 0.4) is 0 Å². The Bertz CT molecular complexity index is 1580. The highest BCUT2D eigenvalue weighted by molar-refractivity contribution is 5.87. The molecule has 14 nitrogen and oxygen atoms in total. The van der Waals surface area contributed by atoms with Crippen molar-refractivity contribution < 1.29 is 63.5 Å². The SMILES string of the molecule is CO[C@]1(C(C)C)CC[C@]2(CO1)[C@H]1CCC3=C4[C@@H](CC3)[C@@H](C(=O)OC[C@@H]3O[C@H](O[C@H]5OC=C(C(=O)O)[C@@H]6CC=C(CO)[C@H]56)[C@@H](O)[C@H](O)[C@H]3O)C[C@]42CN(C)C1. The second kappa shape index (κ2) is 14.2. The Morgan fingerprint density at radius 2 is 1.83 bits per heavy atom. The third-order valence-corrected chi connectivity index (χ3v) is 15.0. The van der Waals surface area contributed by atoms with Crippen LogP contribution in [-0.4, -0.2) is 132 Å². The summed E-state index contributed by atoms with van der Waals surface area (Å²) in [4.78, 5) is 28.6. The molecule has 4 aliphatic carbocycles. The van der Waals surface area contributed by atoms with Crippen LogP contribution >= 0.6 is 0 Å². The Balaban J connectivity index is 0.997. The summed E-state index contributed by atoms with van der Waals surface area (Å²) >= 11 is 0. The van der Waals surface area contributed by atoms with Crippen LogP contribution in [0.5, 0.6) is 0 Å². The van der Waals surface area contributed by atoms with Crippen LogP contribution in [0.4, 0.5) is 0 Å². The molecule has 14 heteroatoms. The standard InChI is InChI=1S/C40H57NO13/c1-20(2)40(49-4)12-11-38(19-52-40)23-8-5-21-6-10-25-26(13-39(38,30(21)25)18-41(3)14-23)35(48)50-17-28-31(43)32(44)33(45)37(53-28)54-36-29-22(15-42)7-9-24(29)27(16-51-36)34(46)47/h7,16,20,23-26,28-29,31-33,36-37,42-45H,5-6,8-15,17-19H2,1-4H3,(H,46,47)/t23-,24-,25-,26-,28-,29-,31-,32+,33-,36+,37+,38-,39-,40+/m0/s1. The van der Waals surface area contributed by atoms with Gasteiger partial charge in [0.25, 0.3) is 0 Å². The predicted molar refractivity (Wildman–Crippen MR) is 189 cm³/mol. The van der Waals surface area contributed by atoms with Crippen molar-refractivity contribution >= 4 is 11.9 Å². The summed E-state index contributed by atoms with van der Waals surface area (Å²) in [7, 11) is 3.93. The molecule has 0 unspecified atom stereocenters. The molecule has 0 amide bonds. The molecular formula is C40H57NO13. The molecule has 5 N–H and O–H groups in total. The Kier molecular flexibility index (Phi) is 10.1. The largest absolute Gasteiger partial charge is 0.478 e. The number of methoxy groups -OCH3 is 1. The lowest BCUT2D eigenvalue weighted by molar-refractivity contribution is -0.340. The second-order valence-corrected chi connectivity index (χ2v) is 17.6. The normalized spacial score (nSPS) is 45.8. The van der Waals surface area contributed by atoms with Gasteiger partial charge in [0.2, 0.25) is 6.29 Å². The number of carboxylic acid groups (broad SMARTS) is 1. The number of likely N-dealkylation sites (tertiary alicyclic amines) is 1. The smallest absolute Gasteiger partial charge is 0.335 e. The molecule has 4 fully saturated rings. The van der Waals surface area contributed by atoms with Gasteiger partial charge in [0, 0.05) is 49.3 Å². The third kappa shape index (κ3) is 5.76. The molecule has 300 valence electrons. The summed E-state index contributed by atoms with van der Waals surface area (Å²) in [6, 6.07) is 0. The maximum atomic E-state index is 14.3. The van der Waals surface area contributed by atoms with Crippen LogP contribution in [0.2, 0.25) is 0 Å². The molecular weight excluding hydrogens is 702 g/mol. The number of fused-ring (bicyclic) bond motifs is 1. The number of aliphatic hydroxyl groups excluding tert-OH is 4. The molecule has 1 saturated carbocycles. The summed E-state index contributed by atoms with van der Waals surface area (Å²) in [5.74, 6) is -3.08. The minimum absolute atomic E-state index is 0.0351. The van der Waals surface area contributed by atoms with E-state index in [2.05, 4.69) is 25.8 Å². The first-order chi connectivity index (χ1) is 25.8. The van der Waals surface area contributed by atoms with E-state index in [-0.39, 0.29) is 47.4 Å². The van der Waals surface area contributed by atoms with Gasteiger partial charge in [0.05, 0.1) is 36.9 Å². The first-order valence-electron chi connectivity index (χ1n) is 19.8. The maximum absolute atomic E-state index is 14.3. The highest BCUT2D eigenvalue weighted by Crippen LogP contribution is 2.72. The van der Waals surface area contributed by atoms with E-state index in [0.29, 0.717) is 30.9 Å². The summed E-state index contributed by atoms with van der Waals surface area (Å²) in [6.45, 7) is 5.99. The van der Waals surface area contributed by atoms with E-state index in [1.807, 2.05) is 0 Å². The number of aliphatic carboxylic acids is 1. The van der Waals surface area contributed by atoms with Crippen molar-refractivity contribution in [2.24, 2.45) is 46.3 Å². The number of piperidine rings is 1. The summed E-state index contributed by atoms with van der Waals surface area (Å²) in [6.07, 6.45) is 0.738. The van der Waals surface area contributed by atoms with Crippen LogP contribution in [0, 0.1) is 46.3 Å². The molecule has 14 atom stereocenters. The summed E-state index contributed by atoms with van der Waals surface area (Å²) in [5.41, 5.74) is 3.14. The van der Waals surface area contributed by atoms with Crippen molar-refractivity contribution in [1.82, 2.24) is 4.90 Å². The van der Waals surface area contributed by atoms with Gasteiger partial charge in [0.1, 0.15) is 31.0 Å². The summed E-state index contributed by atoms with van der Waals surface area (Å²) < 4.78 is 36.5. The van der Waals surface area contributed by atoms with Crippen LogP contribution < -0.4 is 0 Å². The molecule has 0 aromatic rings. The minimum atomic E-state index is -1.70. The molecule has 0 aromatic heterocycles. The van der Waals surface area contributed by atoms with Gasteiger partial charge in [-0.2, -0.15) is 0 Å². The topological polar surface area (TPSA) is 194 Å². The zero-order chi connectivity index (χ0) is 38.3. The number of esters is 1. The number of nitrogens with zero attached hydrogens (tertiary/aromatic N) is 1. The van der Waals surface area contributed by atoms with Crippen LogP contribution in [-0.2, 0) is 38.0 Å². The first kappa shape index (κ1) is 38.5. The molecule has 3 saturated heterocycles. The Morgan fingerprint density at radius 3 is 2.52 bits per heavy atom. The number of hydrogen-bond acceptors (Lipinski definition) is 13. The van der Waals surface area contributed by atoms with Crippen molar-refractivity contribution in [2.75, 3.05) is 47.1 Å². The van der Waals surface area contributed by atoms with Crippen molar-refractivity contribution in [3.63, 3.8) is 0 Å². The second-order valence-electron chi connectivity index (χ2n) is 17.6. The van der Waals surface area contributed by atoms with Crippen molar-refractivity contribution in [3.8, 4) is 0 Å². The van der Waals surface area contributed by atoms with E-state index in [1.54, 1.807) is 13.2 Å². The average Bonchev–Trinajstić information content (AvgIpc) is 3.86. The van der Waals surface area contributed by atoms with Crippen LogP contribution in [0.25, 0.3) is 0 Å². The fourth-order valence-corrected chi connectivity index (χ4v) is 12.3. The molecule has 0 aromatic carbocycles. The molecule has 4 aliphatic heterocycles. The average molecular weight is 760 g/mol. The van der Waals surface area contributed by atoms with Crippen LogP contribution in [0.15, 0.2) is 34.6 Å². The van der Waals surface area contributed by atoms with E-state index >= 15 is 0 Å². The molecule has 2 spiro atoms. The monoisotopic (exact) mass is 759 g/mol. The van der Waals surface area contributed by atoms with Gasteiger partial charge in [-0.15, -0.1) is 0 Å². The summed E-state index contributed by atoms with van der Waals surface area (Å²) in [5, 5.41) is 52.4. The molecule has 4 heterocycles. The molecule has 54 heavy (non-hydrogen) atoms. The van der Waals surface area contributed by atoms with Gasteiger partial charge in [-0.05, 0) is 69.4 Å². The number of rotatable bonds is 9. The fraction of sp³-hybridized carbons (Fsp3) is 0.800. The number of carboxylic acids is 1. The number of carbonyl (C=O) groups excluding carboxylic acids is 1. The van der Waals surface area contributed by atoms with E-state index in [0.717, 1.165) is 57.9 Å². The number of allylic oxidation sites excluding steroid dienone is 2. The van der Waals surface area contributed by atoms with Crippen molar-refractivity contribution in [1.29, 1.82) is 0 Å². The lowest BCUT2D eigenvalue weighted by atomic mass is 9.50. The lowest BCUT2D eigenvalue weighted by Crippen LogP contribution is -2.64. The van der Waals surface area contributed by atoms with E-state index < -0.39 is 66.5 Å². The van der Waals surface area contributed by atoms with Crippen molar-refractivity contribution in [2.45, 2.75) is 108 Å². The van der Waals surface area contributed by atoms with E-state index in [1.165, 1.54) is 11.1 Å². The molecule has 0 radical (unpaired) electrons. The first-order valence-corrected chi connectivity index (χ1v) is 19.8. The lowest BCUT2D eigenvalue weighted by Gasteiger charge is -2.62. The molecule has 2 bridgehead atoms. The van der Waals surface area contributed by atoms with Gasteiger partial charge in [-0.3, -0.25) is 4.79 Å². The van der Waals surface area contributed by atoms with E-state index in [9.17, 15) is 35.1 Å². The Labute approximate surface area is 316 Å². The highest BCUT2D eigenvalue weighted by atomic mass is 16.8. The number of hydrogen-bond donors (Lipinski definition) is 5. The maximum Gasteiger partial charge on any atom is 0.335 e. The van der Waals surface area contributed by atoms with Gasteiger partial charge >= 0.3 is 11.9 Å². The Hall–Kier alpha value is -2.40. The zero-order valence-electron chi connectivity index (χ0n) is 31.7. The van der Waals surface area contributed by atoms with E-state index in [4.69, 9.17) is 28.4 Å². The molecule has 8 rings (SSSR count). The number of carbonyl (C=O) groups is 2. The molecule has 8 aliphatic rings. The number of ether oxygens (including phenoxy) is 6. The quantitative estimate of drug-likeness (QED) is 0.170. The van der Waals surface area contributed by atoms with Gasteiger partial charge in [0.15, 0.2) is 12.1 Å². The van der Waals surface area contributed by atoms with Crippen LogP contribution in [0.1, 0.15) is 65.2 Å². The van der Waals surface area contributed by atoms with Gasteiger partial charge in [-0.25, -0.2) is 4.79 Å².